The third-order valence-corrected chi connectivity index (χ3v) is 13.5. The summed E-state index contributed by atoms with van der Waals surface area (Å²) >= 11 is 0. The Hall–Kier alpha value is -2.24. The molecule has 2 heterocycles. The lowest BCUT2D eigenvalue weighted by atomic mass is 10.0. The molecule has 0 aromatic heterocycles. The van der Waals surface area contributed by atoms with Crippen molar-refractivity contribution in [3.05, 3.63) is 0 Å². The van der Waals surface area contributed by atoms with Gasteiger partial charge in [0, 0.05) is 45.4 Å². The second kappa shape index (κ2) is 40.8. The van der Waals surface area contributed by atoms with Gasteiger partial charge in [0.1, 0.15) is 18.2 Å². The number of aliphatic hydroxyl groups excluding tert-OH is 1. The monoisotopic (exact) mass is 921 g/mol. The van der Waals surface area contributed by atoms with E-state index in [-0.39, 0.29) is 48.6 Å². The number of carbonyl (C=O) groups is 4. The average molecular weight is 921 g/mol. The third-order valence-electron chi connectivity index (χ3n) is 13.5. The molecule has 2 aliphatic rings. The lowest BCUT2D eigenvalue weighted by molar-refractivity contribution is -0.151. The van der Waals surface area contributed by atoms with Crippen LogP contribution in [0.1, 0.15) is 252 Å². The molecule has 0 saturated carbocycles. The SMILES string of the molecule is CCCCCCCCCCCOC(=O)CCCCCN1C[C@@H](OC(=O)CCN2CC[C@H](O)C2)C[C@H]1C(=O)OCCCCCCCC(=O)OC(CCCCCCCC)CCCCCCCC. The molecule has 0 amide bonds. The van der Waals surface area contributed by atoms with Crippen LogP contribution in [0.2, 0.25) is 0 Å². The van der Waals surface area contributed by atoms with Gasteiger partial charge in [-0.05, 0) is 70.8 Å². The molecule has 11 heteroatoms. The van der Waals surface area contributed by atoms with Crippen molar-refractivity contribution in [2.45, 2.75) is 276 Å². The normalized spacial score (nSPS) is 17.8. The number of unbranched alkanes of at least 4 members (excludes halogenated alkanes) is 24. The van der Waals surface area contributed by atoms with Gasteiger partial charge < -0.3 is 29.0 Å². The highest BCUT2D eigenvalue weighted by Crippen LogP contribution is 2.24. The molecule has 0 spiro atoms. The number of carbonyl (C=O) groups excluding carboxylic acids is 4. The fraction of sp³-hybridized carbons (Fsp3) is 0.926. The van der Waals surface area contributed by atoms with Crippen molar-refractivity contribution >= 4 is 23.9 Å². The number of ether oxygens (including phenoxy) is 4. The highest BCUT2D eigenvalue weighted by Gasteiger charge is 2.39. The molecule has 3 atom stereocenters. The summed E-state index contributed by atoms with van der Waals surface area (Å²) in [7, 11) is 0. The zero-order chi connectivity index (χ0) is 47.0. The van der Waals surface area contributed by atoms with Gasteiger partial charge in [-0.25, -0.2) is 0 Å². The Kier molecular flexibility index (Phi) is 37.0. The van der Waals surface area contributed by atoms with E-state index in [9.17, 15) is 24.3 Å². The van der Waals surface area contributed by atoms with Crippen molar-refractivity contribution in [1.82, 2.24) is 9.80 Å². The first-order chi connectivity index (χ1) is 31.7. The van der Waals surface area contributed by atoms with Crippen LogP contribution in [0, 0.1) is 0 Å². The zero-order valence-electron chi connectivity index (χ0n) is 42.3. The zero-order valence-corrected chi connectivity index (χ0v) is 42.3. The summed E-state index contributed by atoms with van der Waals surface area (Å²) in [5.74, 6) is -0.736. The summed E-state index contributed by atoms with van der Waals surface area (Å²) in [6, 6.07) is -0.472. The van der Waals surface area contributed by atoms with E-state index in [1.807, 2.05) is 0 Å². The quantitative estimate of drug-likeness (QED) is 0.0356. The maximum Gasteiger partial charge on any atom is 0.323 e. The second-order valence-corrected chi connectivity index (χ2v) is 19.6. The van der Waals surface area contributed by atoms with E-state index in [1.54, 1.807) is 0 Å². The largest absolute Gasteiger partial charge is 0.466 e. The smallest absolute Gasteiger partial charge is 0.323 e. The predicted molar refractivity (Wildman–Crippen MR) is 263 cm³/mol. The first-order valence-electron chi connectivity index (χ1n) is 27.6. The number of hydrogen-bond donors (Lipinski definition) is 1. The lowest BCUT2D eigenvalue weighted by Crippen LogP contribution is -2.38. The van der Waals surface area contributed by atoms with Crippen molar-refractivity contribution in [2.75, 3.05) is 45.9 Å². The van der Waals surface area contributed by atoms with E-state index in [4.69, 9.17) is 18.9 Å². The van der Waals surface area contributed by atoms with E-state index >= 15 is 0 Å². The lowest BCUT2D eigenvalue weighted by Gasteiger charge is -2.22. The topological polar surface area (TPSA) is 132 Å². The van der Waals surface area contributed by atoms with Crippen molar-refractivity contribution in [3.63, 3.8) is 0 Å². The highest BCUT2D eigenvalue weighted by molar-refractivity contribution is 5.76. The standard InChI is InChI=1S/C54H100N2O9/c1-4-7-10-13-16-17-18-23-31-42-62-51(58)35-29-25-30-39-56-46-49(65-53(60)38-41-55-40-37-47(57)45-55)44-50(56)54(61)63-43-32-24-19-22-28-36-52(59)64-48(33-26-20-14-11-8-5-2)34-27-21-15-12-9-6-3/h47-50,57H,4-46H2,1-3H3/t47-,49-,50-/m0/s1. The summed E-state index contributed by atoms with van der Waals surface area (Å²) < 4.78 is 23.2. The molecule has 0 bridgehead atoms. The van der Waals surface area contributed by atoms with Crippen LogP contribution in [-0.2, 0) is 38.1 Å². The number of likely N-dealkylation sites (tertiary alicyclic amines) is 2. The van der Waals surface area contributed by atoms with E-state index < -0.39 is 6.04 Å². The van der Waals surface area contributed by atoms with Crippen LogP contribution in [0.15, 0.2) is 0 Å². The van der Waals surface area contributed by atoms with Crippen LogP contribution in [0.3, 0.4) is 0 Å². The van der Waals surface area contributed by atoms with Crippen LogP contribution in [0.5, 0.6) is 0 Å². The minimum absolute atomic E-state index is 0.0537. The van der Waals surface area contributed by atoms with Gasteiger partial charge >= 0.3 is 23.9 Å². The molecule has 0 radical (unpaired) electrons. The molecule has 2 saturated heterocycles. The van der Waals surface area contributed by atoms with E-state index in [0.717, 1.165) is 103 Å². The van der Waals surface area contributed by atoms with Gasteiger partial charge in [-0.2, -0.15) is 0 Å². The first kappa shape index (κ1) is 58.9. The van der Waals surface area contributed by atoms with Crippen molar-refractivity contribution in [1.29, 1.82) is 0 Å². The van der Waals surface area contributed by atoms with Gasteiger partial charge in [0.15, 0.2) is 0 Å². The Labute approximate surface area is 397 Å². The molecule has 11 nitrogen and oxygen atoms in total. The Morgan fingerprint density at radius 2 is 1.02 bits per heavy atom. The fourth-order valence-corrected chi connectivity index (χ4v) is 9.36. The maximum atomic E-state index is 13.4. The van der Waals surface area contributed by atoms with Crippen molar-refractivity contribution in [2.24, 2.45) is 0 Å². The number of nitrogens with zero attached hydrogens (tertiary/aromatic N) is 2. The molecule has 65 heavy (non-hydrogen) atoms. The molecular formula is C54H100N2O9. The Bertz CT molecular complexity index is 1170. The third kappa shape index (κ3) is 32.2. The first-order valence-corrected chi connectivity index (χ1v) is 27.6. The Morgan fingerprint density at radius 1 is 0.523 bits per heavy atom. The molecule has 0 unspecified atom stereocenters. The van der Waals surface area contributed by atoms with Crippen LogP contribution in [0.25, 0.3) is 0 Å². The summed E-state index contributed by atoms with van der Waals surface area (Å²) in [5.41, 5.74) is 0. The molecule has 2 rings (SSSR count). The summed E-state index contributed by atoms with van der Waals surface area (Å²) in [6.07, 6.45) is 36.5. The van der Waals surface area contributed by atoms with Crippen LogP contribution >= 0.6 is 0 Å². The minimum Gasteiger partial charge on any atom is -0.466 e. The highest BCUT2D eigenvalue weighted by atomic mass is 16.6. The molecule has 2 fully saturated rings. The summed E-state index contributed by atoms with van der Waals surface area (Å²) in [5, 5.41) is 9.83. The minimum atomic E-state index is -0.472. The molecule has 1 N–H and O–H groups in total. The molecular weight excluding hydrogens is 821 g/mol. The van der Waals surface area contributed by atoms with E-state index in [0.29, 0.717) is 58.7 Å². The van der Waals surface area contributed by atoms with Crippen molar-refractivity contribution < 1.29 is 43.2 Å². The predicted octanol–water partition coefficient (Wildman–Crippen LogP) is 12.4. The summed E-state index contributed by atoms with van der Waals surface area (Å²) in [6.45, 7) is 10.6. The number of β-amino-alcohol motifs (C(OH)–C–C–N with tert-alkyl or cyclic N) is 1. The molecule has 0 aromatic rings. The van der Waals surface area contributed by atoms with Crippen molar-refractivity contribution in [3.8, 4) is 0 Å². The van der Waals surface area contributed by atoms with Crippen LogP contribution < -0.4 is 0 Å². The number of hydrogen-bond acceptors (Lipinski definition) is 11. The van der Waals surface area contributed by atoms with Crippen LogP contribution in [0.4, 0.5) is 0 Å². The van der Waals surface area contributed by atoms with Gasteiger partial charge in [0.2, 0.25) is 0 Å². The number of esters is 4. The van der Waals surface area contributed by atoms with E-state index in [2.05, 4.69) is 30.6 Å². The van der Waals surface area contributed by atoms with E-state index in [1.165, 1.54) is 109 Å². The van der Waals surface area contributed by atoms with Crippen LogP contribution in [-0.4, -0.2) is 109 Å². The molecule has 380 valence electrons. The second-order valence-electron chi connectivity index (χ2n) is 19.6. The molecule has 0 aliphatic carbocycles. The number of aliphatic hydroxyl groups is 1. The Morgan fingerprint density at radius 3 is 1.57 bits per heavy atom. The van der Waals surface area contributed by atoms with Gasteiger partial charge in [-0.3, -0.25) is 24.1 Å². The number of rotatable bonds is 44. The Balaban J connectivity index is 1.68. The molecule has 0 aromatic carbocycles. The van der Waals surface area contributed by atoms with Gasteiger partial charge in [-0.1, -0.05) is 162 Å². The average Bonchev–Trinajstić information content (AvgIpc) is 3.91. The summed E-state index contributed by atoms with van der Waals surface area (Å²) in [4.78, 5) is 55.6. The van der Waals surface area contributed by atoms with Gasteiger partial charge in [-0.15, -0.1) is 0 Å². The maximum absolute atomic E-state index is 13.4. The van der Waals surface area contributed by atoms with Gasteiger partial charge in [0.05, 0.1) is 25.7 Å². The van der Waals surface area contributed by atoms with Gasteiger partial charge in [0.25, 0.3) is 0 Å². The molecule has 2 aliphatic heterocycles. The fourth-order valence-electron chi connectivity index (χ4n) is 9.36.